The fourth-order valence-electron chi connectivity index (χ4n) is 3.07. The van der Waals surface area contributed by atoms with E-state index >= 15 is 0 Å². The minimum absolute atomic E-state index is 0.299. The number of aliphatic imine (C=N–C) groups is 1. The maximum Gasteiger partial charge on any atom is 0.191 e. The smallest absolute Gasteiger partial charge is 0.191 e. The van der Waals surface area contributed by atoms with Gasteiger partial charge in [-0.05, 0) is 37.0 Å². The van der Waals surface area contributed by atoms with Crippen LogP contribution >= 0.6 is 0 Å². The summed E-state index contributed by atoms with van der Waals surface area (Å²) < 4.78 is 0. The predicted octanol–water partition coefficient (Wildman–Crippen LogP) is 3.39. The number of nitrogens with zero attached hydrogens (tertiary/aromatic N) is 1. The van der Waals surface area contributed by atoms with Gasteiger partial charge in [0, 0.05) is 37.8 Å². The van der Waals surface area contributed by atoms with Crippen LogP contribution in [0.1, 0.15) is 24.8 Å². The van der Waals surface area contributed by atoms with Gasteiger partial charge in [-0.15, -0.1) is 0 Å². The molecule has 0 saturated heterocycles. The summed E-state index contributed by atoms with van der Waals surface area (Å²) in [6.07, 6.45) is 3.55. The van der Waals surface area contributed by atoms with E-state index < -0.39 is 0 Å². The maximum absolute atomic E-state index is 4.34. The highest BCUT2D eigenvalue weighted by Crippen LogP contribution is 2.47. The molecule has 25 heavy (non-hydrogen) atoms. The van der Waals surface area contributed by atoms with Crippen LogP contribution in [0.25, 0.3) is 0 Å². The highest BCUT2D eigenvalue weighted by Gasteiger charge is 2.43. The molecule has 3 N–H and O–H groups in total. The van der Waals surface area contributed by atoms with Gasteiger partial charge in [-0.2, -0.15) is 0 Å². The van der Waals surface area contributed by atoms with Crippen LogP contribution in [-0.2, 0) is 5.41 Å². The van der Waals surface area contributed by atoms with Crippen molar-refractivity contribution in [2.75, 3.05) is 32.0 Å². The molecular formula is C21H28N4. The van der Waals surface area contributed by atoms with Crippen LogP contribution in [0.2, 0.25) is 0 Å². The second-order valence-corrected chi connectivity index (χ2v) is 6.65. The highest BCUT2D eigenvalue weighted by atomic mass is 15.2. The van der Waals surface area contributed by atoms with E-state index in [0.717, 1.165) is 32.0 Å². The van der Waals surface area contributed by atoms with Crippen molar-refractivity contribution >= 4 is 11.6 Å². The number of nitrogens with one attached hydrogen (secondary N) is 3. The highest BCUT2D eigenvalue weighted by molar-refractivity contribution is 5.79. The summed E-state index contributed by atoms with van der Waals surface area (Å²) in [6, 6.07) is 21.1. The third-order valence-corrected chi connectivity index (χ3v) is 4.81. The van der Waals surface area contributed by atoms with E-state index in [-0.39, 0.29) is 0 Å². The van der Waals surface area contributed by atoms with E-state index in [2.05, 4.69) is 63.4 Å². The topological polar surface area (TPSA) is 48.5 Å². The van der Waals surface area contributed by atoms with Crippen LogP contribution in [0.15, 0.2) is 65.7 Å². The van der Waals surface area contributed by atoms with Gasteiger partial charge in [-0.3, -0.25) is 4.99 Å². The number of rotatable bonds is 8. The molecule has 0 heterocycles. The predicted molar refractivity (Wildman–Crippen MR) is 106 cm³/mol. The molecule has 0 spiro atoms. The van der Waals surface area contributed by atoms with E-state index in [1.54, 1.807) is 0 Å². The number of hydrogen-bond acceptors (Lipinski definition) is 2. The van der Waals surface area contributed by atoms with Gasteiger partial charge in [0.2, 0.25) is 0 Å². The molecule has 2 aromatic carbocycles. The van der Waals surface area contributed by atoms with Crippen molar-refractivity contribution in [1.29, 1.82) is 0 Å². The van der Waals surface area contributed by atoms with Crippen molar-refractivity contribution in [3.05, 3.63) is 66.2 Å². The first kappa shape index (κ1) is 17.3. The Morgan fingerprint density at radius 1 is 0.920 bits per heavy atom. The molecule has 0 aromatic heterocycles. The monoisotopic (exact) mass is 336 g/mol. The van der Waals surface area contributed by atoms with Crippen molar-refractivity contribution in [1.82, 2.24) is 10.6 Å². The first-order chi connectivity index (χ1) is 12.3. The van der Waals surface area contributed by atoms with Crippen LogP contribution < -0.4 is 16.0 Å². The summed E-state index contributed by atoms with van der Waals surface area (Å²) >= 11 is 0. The zero-order valence-corrected chi connectivity index (χ0v) is 15.0. The van der Waals surface area contributed by atoms with Crippen LogP contribution in [0.5, 0.6) is 0 Å². The third-order valence-electron chi connectivity index (χ3n) is 4.81. The summed E-state index contributed by atoms with van der Waals surface area (Å²) in [4.78, 5) is 4.34. The SMILES string of the molecule is CN=C(NCCCNc1ccccc1)NCC1(c2ccccc2)CC1. The average molecular weight is 336 g/mol. The normalized spacial score (nSPS) is 15.5. The quantitative estimate of drug-likeness (QED) is 0.393. The van der Waals surface area contributed by atoms with E-state index in [4.69, 9.17) is 0 Å². The third kappa shape index (κ3) is 4.99. The first-order valence-electron chi connectivity index (χ1n) is 9.11. The van der Waals surface area contributed by atoms with Crippen LogP contribution in [-0.4, -0.2) is 32.6 Å². The molecule has 1 saturated carbocycles. The van der Waals surface area contributed by atoms with Gasteiger partial charge in [-0.25, -0.2) is 0 Å². The molecule has 2 aromatic rings. The van der Waals surface area contributed by atoms with Gasteiger partial charge >= 0.3 is 0 Å². The van der Waals surface area contributed by atoms with Crippen molar-refractivity contribution in [3.8, 4) is 0 Å². The molecule has 132 valence electrons. The Balaban J connectivity index is 1.36. The van der Waals surface area contributed by atoms with E-state index in [1.807, 2.05) is 25.2 Å². The van der Waals surface area contributed by atoms with Crippen molar-refractivity contribution in [2.45, 2.75) is 24.7 Å². The minimum Gasteiger partial charge on any atom is -0.385 e. The number of hydrogen-bond donors (Lipinski definition) is 3. The van der Waals surface area contributed by atoms with Crippen molar-refractivity contribution in [2.24, 2.45) is 4.99 Å². The molecule has 0 aliphatic heterocycles. The zero-order chi connectivity index (χ0) is 17.4. The lowest BCUT2D eigenvalue weighted by Crippen LogP contribution is -2.41. The minimum atomic E-state index is 0.299. The standard InChI is InChI=1S/C21H28N4/c1-22-20(24-16-8-15-23-19-11-6-3-7-12-19)25-17-21(13-14-21)18-9-4-2-5-10-18/h2-7,9-12,23H,8,13-17H2,1H3,(H2,22,24,25). The number of para-hydroxylation sites is 1. The number of anilines is 1. The Kier molecular flexibility index (Phi) is 5.94. The van der Waals surface area contributed by atoms with Crippen LogP contribution in [0.3, 0.4) is 0 Å². The largest absolute Gasteiger partial charge is 0.385 e. The zero-order valence-electron chi connectivity index (χ0n) is 15.0. The number of benzene rings is 2. The number of guanidine groups is 1. The van der Waals surface area contributed by atoms with Crippen molar-refractivity contribution in [3.63, 3.8) is 0 Å². The molecular weight excluding hydrogens is 308 g/mol. The molecule has 4 nitrogen and oxygen atoms in total. The molecule has 1 aliphatic rings. The molecule has 0 amide bonds. The lowest BCUT2D eigenvalue weighted by atomic mass is 9.96. The van der Waals surface area contributed by atoms with E-state index in [1.165, 1.54) is 24.1 Å². The molecule has 1 fully saturated rings. The Bertz CT molecular complexity index is 663. The lowest BCUT2D eigenvalue weighted by molar-refractivity contribution is 0.643. The van der Waals surface area contributed by atoms with E-state index in [9.17, 15) is 0 Å². The molecule has 3 rings (SSSR count). The molecule has 1 aliphatic carbocycles. The summed E-state index contributed by atoms with van der Waals surface area (Å²) in [5.74, 6) is 0.891. The van der Waals surface area contributed by atoms with Gasteiger partial charge < -0.3 is 16.0 Å². The average Bonchev–Trinajstić information content (AvgIpc) is 3.47. The van der Waals surface area contributed by atoms with E-state index in [0.29, 0.717) is 5.41 Å². The Morgan fingerprint density at radius 3 is 2.24 bits per heavy atom. The lowest BCUT2D eigenvalue weighted by Gasteiger charge is -2.19. The molecule has 0 radical (unpaired) electrons. The van der Waals surface area contributed by atoms with Crippen molar-refractivity contribution < 1.29 is 0 Å². The maximum atomic E-state index is 4.34. The summed E-state index contributed by atoms with van der Waals surface area (Å²) in [6.45, 7) is 2.79. The fraction of sp³-hybridized carbons (Fsp3) is 0.381. The van der Waals surface area contributed by atoms with Gasteiger partial charge in [0.1, 0.15) is 0 Å². The molecule has 0 bridgehead atoms. The van der Waals surface area contributed by atoms with Gasteiger partial charge in [0.25, 0.3) is 0 Å². The summed E-state index contributed by atoms with van der Waals surface area (Å²) in [5, 5.41) is 10.3. The Labute approximate surface area is 150 Å². The van der Waals surface area contributed by atoms with Crippen LogP contribution in [0, 0.1) is 0 Å². The molecule has 0 unspecified atom stereocenters. The molecule has 0 atom stereocenters. The van der Waals surface area contributed by atoms with Crippen LogP contribution in [0.4, 0.5) is 5.69 Å². The summed E-state index contributed by atoms with van der Waals surface area (Å²) in [7, 11) is 1.83. The fourth-order valence-corrected chi connectivity index (χ4v) is 3.07. The van der Waals surface area contributed by atoms with Gasteiger partial charge in [-0.1, -0.05) is 48.5 Å². The Hall–Kier alpha value is -2.49. The second kappa shape index (κ2) is 8.56. The summed E-state index contributed by atoms with van der Waals surface area (Å²) in [5.41, 5.74) is 2.90. The second-order valence-electron chi connectivity index (χ2n) is 6.65. The molecule has 4 heteroatoms. The van der Waals surface area contributed by atoms with Gasteiger partial charge in [0.05, 0.1) is 0 Å². The Morgan fingerprint density at radius 2 is 1.60 bits per heavy atom. The first-order valence-corrected chi connectivity index (χ1v) is 9.11. The van der Waals surface area contributed by atoms with Gasteiger partial charge in [0.15, 0.2) is 5.96 Å².